The van der Waals surface area contributed by atoms with Crippen molar-refractivity contribution in [1.82, 2.24) is 19.8 Å². The third-order valence-electron chi connectivity index (χ3n) is 4.79. The fraction of sp³-hybridized carbons (Fsp3) is 0.688. The number of hydrogen-bond donors (Lipinski definition) is 1. The predicted molar refractivity (Wildman–Crippen MR) is 83.4 cm³/mol. The van der Waals surface area contributed by atoms with Gasteiger partial charge in [-0.1, -0.05) is 0 Å². The molecule has 1 N–H and O–H groups in total. The summed E-state index contributed by atoms with van der Waals surface area (Å²) in [4.78, 5) is 29.4. The van der Waals surface area contributed by atoms with E-state index in [9.17, 15) is 9.59 Å². The van der Waals surface area contributed by atoms with Gasteiger partial charge in [-0.2, -0.15) is 0 Å². The Hall–Kier alpha value is -1.89. The molecule has 7 nitrogen and oxygen atoms in total. The molecule has 2 fully saturated rings. The van der Waals surface area contributed by atoms with Crippen LogP contribution in [0.5, 0.6) is 0 Å². The molecule has 0 spiro atoms. The van der Waals surface area contributed by atoms with E-state index in [0.717, 1.165) is 25.3 Å². The first-order valence-electron chi connectivity index (χ1n) is 8.18. The van der Waals surface area contributed by atoms with Crippen LogP contribution in [0.1, 0.15) is 31.7 Å². The smallest absolute Gasteiger partial charge is 0.226 e. The van der Waals surface area contributed by atoms with E-state index < -0.39 is 0 Å². The highest BCUT2D eigenvalue weighted by Crippen LogP contribution is 2.32. The number of aryl methyl sites for hydroxylation is 1. The van der Waals surface area contributed by atoms with E-state index in [1.54, 1.807) is 11.1 Å². The van der Waals surface area contributed by atoms with E-state index in [1.807, 2.05) is 17.8 Å². The number of imidazole rings is 1. The fourth-order valence-corrected chi connectivity index (χ4v) is 3.27. The van der Waals surface area contributed by atoms with Crippen LogP contribution in [0.3, 0.4) is 0 Å². The first-order valence-corrected chi connectivity index (χ1v) is 8.18. The Kier molecular flexibility index (Phi) is 4.66. The maximum atomic E-state index is 12.2. The molecule has 1 aromatic rings. The van der Waals surface area contributed by atoms with E-state index in [2.05, 4.69) is 10.3 Å². The summed E-state index contributed by atoms with van der Waals surface area (Å²) in [5, 5.41) is 3.03. The minimum atomic E-state index is -0.0741. The van der Waals surface area contributed by atoms with Gasteiger partial charge in [0.15, 0.2) is 0 Å². The molecular weight excluding hydrogens is 296 g/mol. The minimum Gasteiger partial charge on any atom is -0.370 e. The number of carbonyl (C=O) groups is 2. The van der Waals surface area contributed by atoms with Crippen molar-refractivity contribution in [1.29, 1.82) is 0 Å². The van der Waals surface area contributed by atoms with Crippen molar-refractivity contribution in [2.24, 2.45) is 18.9 Å². The first kappa shape index (κ1) is 16.0. The Bertz CT molecular complexity index is 580. The van der Waals surface area contributed by atoms with Crippen LogP contribution in [0.15, 0.2) is 12.4 Å². The molecule has 0 radical (unpaired) electrons. The summed E-state index contributed by atoms with van der Waals surface area (Å²) in [5.74, 6) is 1.14. The molecule has 2 saturated heterocycles. The molecule has 23 heavy (non-hydrogen) atoms. The molecule has 0 aliphatic carbocycles. The molecule has 126 valence electrons. The topological polar surface area (TPSA) is 76.5 Å². The predicted octanol–water partition coefficient (Wildman–Crippen LogP) is 0.482. The molecule has 0 aromatic carbocycles. The monoisotopic (exact) mass is 320 g/mol. The van der Waals surface area contributed by atoms with Gasteiger partial charge in [0.1, 0.15) is 11.9 Å². The second-order valence-electron chi connectivity index (χ2n) is 6.46. The molecule has 1 aromatic heterocycles. The van der Waals surface area contributed by atoms with Crippen molar-refractivity contribution in [2.75, 3.05) is 26.2 Å². The summed E-state index contributed by atoms with van der Waals surface area (Å²) in [5.41, 5.74) is 0. The zero-order valence-electron chi connectivity index (χ0n) is 13.7. The average Bonchev–Trinajstić information content (AvgIpc) is 2.89. The van der Waals surface area contributed by atoms with Gasteiger partial charge < -0.3 is 19.5 Å². The van der Waals surface area contributed by atoms with Crippen molar-refractivity contribution < 1.29 is 14.3 Å². The van der Waals surface area contributed by atoms with Crippen molar-refractivity contribution in [3.8, 4) is 0 Å². The summed E-state index contributed by atoms with van der Waals surface area (Å²) < 4.78 is 7.88. The molecule has 3 heterocycles. The van der Waals surface area contributed by atoms with Crippen LogP contribution in [0.4, 0.5) is 0 Å². The van der Waals surface area contributed by atoms with Gasteiger partial charge in [0, 0.05) is 58.5 Å². The van der Waals surface area contributed by atoms with Crippen LogP contribution < -0.4 is 5.32 Å². The van der Waals surface area contributed by atoms with Crippen LogP contribution in [0.25, 0.3) is 0 Å². The second kappa shape index (κ2) is 6.70. The Morgan fingerprint density at radius 3 is 2.87 bits per heavy atom. The summed E-state index contributed by atoms with van der Waals surface area (Å²) in [6.07, 6.45) is 5.63. The SMILES string of the molecule is CC(=O)N1CC(C(=O)NC[C@@H]2CCCO[C@H]2c2nccn2C)C1. The lowest BCUT2D eigenvalue weighted by atomic mass is 9.92. The van der Waals surface area contributed by atoms with Crippen molar-refractivity contribution in [3.63, 3.8) is 0 Å². The second-order valence-corrected chi connectivity index (χ2v) is 6.46. The van der Waals surface area contributed by atoms with Crippen molar-refractivity contribution in [2.45, 2.75) is 25.9 Å². The summed E-state index contributed by atoms with van der Waals surface area (Å²) in [6.45, 7) is 3.92. The number of likely N-dealkylation sites (tertiary alicyclic amines) is 1. The quantitative estimate of drug-likeness (QED) is 0.875. The Morgan fingerprint density at radius 2 is 2.22 bits per heavy atom. The Labute approximate surface area is 136 Å². The number of aromatic nitrogens is 2. The molecular formula is C16H24N4O3. The standard InChI is InChI=1S/C16H24N4O3/c1-11(21)20-9-13(10-20)16(22)18-8-12-4-3-7-23-14(12)15-17-5-6-19(15)2/h5-6,12-14H,3-4,7-10H2,1-2H3,(H,18,22)/t12-,14+/m0/s1. The average molecular weight is 320 g/mol. The van der Waals surface area contributed by atoms with E-state index in [1.165, 1.54) is 6.92 Å². The molecule has 0 saturated carbocycles. The molecule has 2 aliphatic heterocycles. The number of amides is 2. The summed E-state index contributed by atoms with van der Waals surface area (Å²) in [7, 11) is 1.96. The van der Waals surface area contributed by atoms with Gasteiger partial charge >= 0.3 is 0 Å². The molecule has 0 unspecified atom stereocenters. The van der Waals surface area contributed by atoms with Crippen LogP contribution >= 0.6 is 0 Å². The van der Waals surface area contributed by atoms with E-state index in [4.69, 9.17) is 4.74 Å². The highest BCUT2D eigenvalue weighted by molar-refractivity contribution is 5.83. The maximum absolute atomic E-state index is 12.2. The van der Waals surface area contributed by atoms with Gasteiger partial charge in [-0.25, -0.2) is 4.98 Å². The molecule has 2 amide bonds. The lowest BCUT2D eigenvalue weighted by molar-refractivity contribution is -0.141. The summed E-state index contributed by atoms with van der Waals surface area (Å²) in [6, 6.07) is 0. The number of nitrogens with zero attached hydrogens (tertiary/aromatic N) is 3. The van der Waals surface area contributed by atoms with E-state index in [0.29, 0.717) is 19.6 Å². The van der Waals surface area contributed by atoms with Crippen LogP contribution in [-0.4, -0.2) is 52.5 Å². The van der Waals surface area contributed by atoms with Crippen molar-refractivity contribution in [3.05, 3.63) is 18.2 Å². The van der Waals surface area contributed by atoms with Gasteiger partial charge in [0.25, 0.3) is 0 Å². The van der Waals surface area contributed by atoms with Crippen LogP contribution in [-0.2, 0) is 21.4 Å². The van der Waals surface area contributed by atoms with Crippen molar-refractivity contribution >= 4 is 11.8 Å². The molecule has 0 bridgehead atoms. The zero-order chi connectivity index (χ0) is 16.4. The van der Waals surface area contributed by atoms with Gasteiger partial charge in [0.2, 0.25) is 11.8 Å². The largest absolute Gasteiger partial charge is 0.370 e. The molecule has 7 heteroatoms. The zero-order valence-corrected chi connectivity index (χ0v) is 13.7. The van der Waals surface area contributed by atoms with Crippen LogP contribution in [0.2, 0.25) is 0 Å². The van der Waals surface area contributed by atoms with Crippen LogP contribution in [0, 0.1) is 11.8 Å². The highest BCUT2D eigenvalue weighted by atomic mass is 16.5. The third kappa shape index (κ3) is 3.39. The maximum Gasteiger partial charge on any atom is 0.226 e. The molecule has 2 atom stereocenters. The number of rotatable bonds is 4. The minimum absolute atomic E-state index is 0.0320. The summed E-state index contributed by atoms with van der Waals surface area (Å²) >= 11 is 0. The fourth-order valence-electron chi connectivity index (χ4n) is 3.27. The Balaban J connectivity index is 1.53. The van der Waals surface area contributed by atoms with E-state index in [-0.39, 0.29) is 29.8 Å². The normalized spacial score (nSPS) is 25.0. The number of ether oxygens (including phenoxy) is 1. The van der Waals surface area contributed by atoms with Gasteiger partial charge in [-0.15, -0.1) is 0 Å². The van der Waals surface area contributed by atoms with Gasteiger partial charge in [-0.3, -0.25) is 9.59 Å². The highest BCUT2D eigenvalue weighted by Gasteiger charge is 2.35. The third-order valence-corrected chi connectivity index (χ3v) is 4.79. The molecule has 2 aliphatic rings. The number of hydrogen-bond acceptors (Lipinski definition) is 4. The van der Waals surface area contributed by atoms with E-state index >= 15 is 0 Å². The Morgan fingerprint density at radius 1 is 1.43 bits per heavy atom. The molecule has 3 rings (SSSR count). The number of nitrogens with one attached hydrogen (secondary N) is 1. The lowest BCUT2D eigenvalue weighted by Crippen LogP contribution is -2.55. The van der Waals surface area contributed by atoms with Gasteiger partial charge in [0.05, 0.1) is 5.92 Å². The van der Waals surface area contributed by atoms with Gasteiger partial charge in [-0.05, 0) is 12.8 Å². The number of carbonyl (C=O) groups excluding carboxylic acids is 2. The first-order chi connectivity index (χ1) is 11.1. The lowest BCUT2D eigenvalue weighted by Gasteiger charge is -2.38.